The van der Waals surface area contributed by atoms with Crippen LogP contribution < -0.4 is 5.32 Å². The summed E-state index contributed by atoms with van der Waals surface area (Å²) < 4.78 is 0. The SMILES string of the molecule is CCC(CNC(=O)c1ccc2ncccc2c1)CC(=O)O. The van der Waals surface area contributed by atoms with Crippen molar-refractivity contribution in [3.63, 3.8) is 0 Å². The van der Waals surface area contributed by atoms with Crippen molar-refractivity contribution in [2.45, 2.75) is 19.8 Å². The van der Waals surface area contributed by atoms with Gasteiger partial charge in [0.05, 0.1) is 5.52 Å². The summed E-state index contributed by atoms with van der Waals surface area (Å²) in [6.45, 7) is 2.29. The van der Waals surface area contributed by atoms with Crippen LogP contribution in [0, 0.1) is 5.92 Å². The number of pyridine rings is 1. The Labute approximate surface area is 123 Å². The molecule has 0 saturated heterocycles. The number of amides is 1. The molecular formula is C16H18N2O3. The maximum Gasteiger partial charge on any atom is 0.303 e. The molecule has 0 fully saturated rings. The molecule has 5 heteroatoms. The average Bonchev–Trinajstić information content (AvgIpc) is 2.50. The second-order valence-corrected chi connectivity index (χ2v) is 4.99. The van der Waals surface area contributed by atoms with Crippen LogP contribution in [0.5, 0.6) is 0 Å². The highest BCUT2D eigenvalue weighted by molar-refractivity contribution is 5.97. The van der Waals surface area contributed by atoms with Crippen molar-refractivity contribution in [2.75, 3.05) is 6.54 Å². The number of nitrogens with zero attached hydrogens (tertiary/aromatic N) is 1. The molecule has 1 aromatic heterocycles. The number of hydrogen-bond donors (Lipinski definition) is 2. The van der Waals surface area contributed by atoms with Gasteiger partial charge in [0.25, 0.3) is 5.91 Å². The Morgan fingerprint density at radius 1 is 1.33 bits per heavy atom. The second-order valence-electron chi connectivity index (χ2n) is 4.99. The number of nitrogens with one attached hydrogen (secondary N) is 1. The molecule has 110 valence electrons. The van der Waals surface area contributed by atoms with Crippen molar-refractivity contribution in [3.8, 4) is 0 Å². The first-order chi connectivity index (χ1) is 10.1. The summed E-state index contributed by atoms with van der Waals surface area (Å²) in [6.07, 6.45) is 2.49. The number of carbonyl (C=O) groups is 2. The highest BCUT2D eigenvalue weighted by atomic mass is 16.4. The van der Waals surface area contributed by atoms with Gasteiger partial charge in [-0.2, -0.15) is 0 Å². The van der Waals surface area contributed by atoms with Crippen molar-refractivity contribution in [1.82, 2.24) is 10.3 Å². The lowest BCUT2D eigenvalue weighted by Gasteiger charge is -2.13. The third kappa shape index (κ3) is 4.02. The molecule has 1 aromatic carbocycles. The molecule has 1 atom stereocenters. The highest BCUT2D eigenvalue weighted by Gasteiger charge is 2.13. The summed E-state index contributed by atoms with van der Waals surface area (Å²) >= 11 is 0. The molecule has 1 heterocycles. The zero-order chi connectivity index (χ0) is 15.2. The van der Waals surface area contributed by atoms with E-state index >= 15 is 0 Å². The van der Waals surface area contributed by atoms with Gasteiger partial charge in [0.1, 0.15) is 0 Å². The van der Waals surface area contributed by atoms with Crippen molar-refractivity contribution in [1.29, 1.82) is 0 Å². The van der Waals surface area contributed by atoms with E-state index < -0.39 is 5.97 Å². The molecule has 0 radical (unpaired) electrons. The Morgan fingerprint density at radius 3 is 2.86 bits per heavy atom. The molecule has 0 aliphatic heterocycles. The maximum atomic E-state index is 12.1. The lowest BCUT2D eigenvalue weighted by atomic mass is 10.0. The van der Waals surface area contributed by atoms with Crippen LogP contribution in [0.4, 0.5) is 0 Å². The minimum absolute atomic E-state index is 0.0476. The fraction of sp³-hybridized carbons (Fsp3) is 0.312. The van der Waals surface area contributed by atoms with E-state index in [1.54, 1.807) is 24.4 Å². The van der Waals surface area contributed by atoms with Crippen LogP contribution in [0.15, 0.2) is 36.5 Å². The van der Waals surface area contributed by atoms with Gasteiger partial charge in [-0.05, 0) is 30.2 Å². The van der Waals surface area contributed by atoms with Crippen molar-refractivity contribution >= 4 is 22.8 Å². The van der Waals surface area contributed by atoms with E-state index in [0.29, 0.717) is 18.5 Å². The molecule has 0 saturated carbocycles. The van der Waals surface area contributed by atoms with E-state index in [4.69, 9.17) is 5.11 Å². The molecule has 0 aliphatic rings. The summed E-state index contributed by atoms with van der Waals surface area (Å²) in [4.78, 5) is 27.0. The Bertz CT molecular complexity index is 655. The molecule has 21 heavy (non-hydrogen) atoms. The number of rotatable bonds is 6. The molecule has 1 unspecified atom stereocenters. The van der Waals surface area contributed by atoms with Gasteiger partial charge in [0, 0.05) is 30.1 Å². The molecule has 2 rings (SSSR count). The van der Waals surface area contributed by atoms with E-state index in [2.05, 4.69) is 10.3 Å². The molecule has 0 aliphatic carbocycles. The summed E-state index contributed by atoms with van der Waals surface area (Å²) in [5.74, 6) is -1.08. The summed E-state index contributed by atoms with van der Waals surface area (Å²) in [5, 5.41) is 12.5. The van der Waals surface area contributed by atoms with Crippen LogP contribution >= 0.6 is 0 Å². The Morgan fingerprint density at radius 2 is 2.14 bits per heavy atom. The standard InChI is InChI=1S/C16H18N2O3/c1-2-11(8-15(19)20)10-18-16(21)13-5-6-14-12(9-13)4-3-7-17-14/h3-7,9,11H,2,8,10H2,1H3,(H,18,21)(H,19,20). The first kappa shape index (κ1) is 15.0. The van der Waals surface area contributed by atoms with Gasteiger partial charge < -0.3 is 10.4 Å². The number of aromatic nitrogens is 1. The van der Waals surface area contributed by atoms with Gasteiger partial charge in [-0.25, -0.2) is 0 Å². The highest BCUT2D eigenvalue weighted by Crippen LogP contribution is 2.13. The summed E-state index contributed by atoms with van der Waals surface area (Å²) in [7, 11) is 0. The summed E-state index contributed by atoms with van der Waals surface area (Å²) in [6, 6.07) is 9.04. The number of carboxylic acid groups (broad SMARTS) is 1. The Balaban J connectivity index is 2.03. The third-order valence-electron chi connectivity index (χ3n) is 3.46. The fourth-order valence-electron chi connectivity index (χ4n) is 2.16. The largest absolute Gasteiger partial charge is 0.481 e. The van der Waals surface area contributed by atoms with Crippen molar-refractivity contribution in [2.24, 2.45) is 5.92 Å². The van der Waals surface area contributed by atoms with Crippen LogP contribution in [0.3, 0.4) is 0 Å². The predicted molar refractivity (Wildman–Crippen MR) is 80.1 cm³/mol. The van der Waals surface area contributed by atoms with E-state index in [1.165, 1.54) is 0 Å². The zero-order valence-electron chi connectivity index (χ0n) is 11.9. The first-order valence-electron chi connectivity index (χ1n) is 6.95. The van der Waals surface area contributed by atoms with Gasteiger partial charge in [-0.1, -0.05) is 19.4 Å². The van der Waals surface area contributed by atoms with E-state index in [1.807, 2.05) is 19.1 Å². The van der Waals surface area contributed by atoms with Gasteiger partial charge in [0.15, 0.2) is 0 Å². The number of carboxylic acids is 1. The molecule has 2 N–H and O–H groups in total. The van der Waals surface area contributed by atoms with Gasteiger partial charge in [-0.15, -0.1) is 0 Å². The molecule has 1 amide bonds. The van der Waals surface area contributed by atoms with E-state index in [0.717, 1.165) is 10.9 Å². The zero-order valence-corrected chi connectivity index (χ0v) is 11.9. The average molecular weight is 286 g/mol. The van der Waals surface area contributed by atoms with Gasteiger partial charge in [0.2, 0.25) is 0 Å². The molecule has 5 nitrogen and oxygen atoms in total. The third-order valence-corrected chi connectivity index (χ3v) is 3.46. The number of carbonyl (C=O) groups excluding carboxylic acids is 1. The van der Waals surface area contributed by atoms with Crippen LogP contribution in [-0.4, -0.2) is 28.5 Å². The predicted octanol–water partition coefficient (Wildman–Crippen LogP) is 2.47. The topological polar surface area (TPSA) is 79.3 Å². The lowest BCUT2D eigenvalue weighted by molar-refractivity contribution is -0.138. The van der Waals surface area contributed by atoms with E-state index in [9.17, 15) is 9.59 Å². The van der Waals surface area contributed by atoms with Gasteiger partial charge in [-0.3, -0.25) is 14.6 Å². The lowest BCUT2D eigenvalue weighted by Crippen LogP contribution is -2.30. The summed E-state index contributed by atoms with van der Waals surface area (Å²) in [5.41, 5.74) is 1.40. The van der Waals surface area contributed by atoms with Crippen LogP contribution in [0.2, 0.25) is 0 Å². The monoisotopic (exact) mass is 286 g/mol. The van der Waals surface area contributed by atoms with Crippen molar-refractivity contribution < 1.29 is 14.7 Å². The quantitative estimate of drug-likeness (QED) is 0.855. The van der Waals surface area contributed by atoms with E-state index in [-0.39, 0.29) is 18.2 Å². The van der Waals surface area contributed by atoms with Crippen molar-refractivity contribution in [3.05, 3.63) is 42.1 Å². The Kier molecular flexibility index (Phi) is 4.87. The second kappa shape index (κ2) is 6.83. The normalized spacial score (nSPS) is 12.0. The fourth-order valence-corrected chi connectivity index (χ4v) is 2.16. The minimum Gasteiger partial charge on any atom is -0.481 e. The molecule has 2 aromatic rings. The van der Waals surface area contributed by atoms with Crippen LogP contribution in [-0.2, 0) is 4.79 Å². The van der Waals surface area contributed by atoms with Crippen LogP contribution in [0.1, 0.15) is 30.1 Å². The number of benzene rings is 1. The first-order valence-corrected chi connectivity index (χ1v) is 6.95. The Hall–Kier alpha value is -2.43. The smallest absolute Gasteiger partial charge is 0.303 e. The molecule has 0 spiro atoms. The molecule has 0 bridgehead atoms. The number of aliphatic carboxylic acids is 1. The maximum absolute atomic E-state index is 12.1. The van der Waals surface area contributed by atoms with Crippen LogP contribution in [0.25, 0.3) is 10.9 Å². The van der Waals surface area contributed by atoms with Gasteiger partial charge >= 0.3 is 5.97 Å². The molecular weight excluding hydrogens is 268 g/mol. The number of hydrogen-bond acceptors (Lipinski definition) is 3. The minimum atomic E-state index is -0.840. The number of fused-ring (bicyclic) bond motifs is 1.